The number of carbonyl (C=O) groups is 1. The van der Waals surface area contributed by atoms with Crippen LogP contribution >= 0.6 is 0 Å². The molecule has 0 aliphatic carbocycles. The quantitative estimate of drug-likeness (QED) is 0.842. The fourth-order valence-corrected chi connectivity index (χ4v) is 2.28. The number of aryl methyl sites for hydroxylation is 2. The van der Waals surface area contributed by atoms with Gasteiger partial charge in [0.05, 0.1) is 6.61 Å². The molecule has 0 unspecified atom stereocenters. The predicted molar refractivity (Wildman–Crippen MR) is 95.5 cm³/mol. The van der Waals surface area contributed by atoms with Crippen molar-refractivity contribution in [2.24, 2.45) is 0 Å². The van der Waals surface area contributed by atoms with Crippen molar-refractivity contribution in [2.45, 2.75) is 40.3 Å². The lowest BCUT2D eigenvalue weighted by atomic mass is 10.1. The van der Waals surface area contributed by atoms with Crippen molar-refractivity contribution in [3.05, 3.63) is 59.2 Å². The second-order valence-corrected chi connectivity index (χ2v) is 5.82. The van der Waals surface area contributed by atoms with Gasteiger partial charge in [0.2, 0.25) is 0 Å². The van der Waals surface area contributed by atoms with Gasteiger partial charge in [-0.1, -0.05) is 24.3 Å². The van der Waals surface area contributed by atoms with Crippen LogP contribution in [0.25, 0.3) is 0 Å². The minimum atomic E-state index is -0.548. The van der Waals surface area contributed by atoms with Crippen LogP contribution in [0.4, 0.5) is 0 Å². The van der Waals surface area contributed by atoms with Crippen LogP contribution in [0.15, 0.2) is 42.5 Å². The van der Waals surface area contributed by atoms with Crippen LogP contribution in [-0.2, 0) is 11.3 Å². The van der Waals surface area contributed by atoms with E-state index in [1.54, 1.807) is 6.92 Å². The average Bonchev–Trinajstić information content (AvgIpc) is 2.57. The van der Waals surface area contributed by atoms with E-state index in [0.717, 1.165) is 28.2 Å². The molecule has 24 heavy (non-hydrogen) atoms. The smallest absolute Gasteiger partial charge is 0.261 e. The summed E-state index contributed by atoms with van der Waals surface area (Å²) in [5.41, 5.74) is 3.15. The van der Waals surface area contributed by atoms with Gasteiger partial charge in [-0.2, -0.15) is 0 Å². The summed E-state index contributed by atoms with van der Waals surface area (Å²) in [4.78, 5) is 12.2. The molecular weight excluding hydrogens is 302 g/mol. The van der Waals surface area contributed by atoms with Gasteiger partial charge >= 0.3 is 0 Å². The molecule has 2 rings (SSSR count). The standard InChI is InChI=1S/C20H25NO3/c1-5-23-18-10-8-17(9-11-18)13-21-20(22)16(4)24-19-12-14(2)6-7-15(19)3/h6-12,16H,5,13H2,1-4H3,(H,21,22)/t16-/m1/s1. The van der Waals surface area contributed by atoms with Crippen LogP contribution < -0.4 is 14.8 Å². The van der Waals surface area contributed by atoms with E-state index in [2.05, 4.69) is 5.32 Å². The van der Waals surface area contributed by atoms with Gasteiger partial charge < -0.3 is 14.8 Å². The van der Waals surface area contributed by atoms with Crippen molar-refractivity contribution < 1.29 is 14.3 Å². The Morgan fingerprint density at radius 2 is 1.83 bits per heavy atom. The Morgan fingerprint density at radius 3 is 2.50 bits per heavy atom. The molecule has 0 bridgehead atoms. The van der Waals surface area contributed by atoms with Crippen LogP contribution in [-0.4, -0.2) is 18.6 Å². The SMILES string of the molecule is CCOc1ccc(CNC(=O)[C@@H](C)Oc2cc(C)ccc2C)cc1. The molecule has 0 radical (unpaired) electrons. The van der Waals surface area contributed by atoms with Crippen LogP contribution in [0.3, 0.4) is 0 Å². The predicted octanol–water partition coefficient (Wildman–Crippen LogP) is 3.79. The summed E-state index contributed by atoms with van der Waals surface area (Å²) < 4.78 is 11.2. The van der Waals surface area contributed by atoms with E-state index < -0.39 is 6.10 Å². The Balaban J connectivity index is 1.88. The molecule has 4 nitrogen and oxygen atoms in total. The van der Waals surface area contributed by atoms with Crippen molar-refractivity contribution >= 4 is 5.91 Å². The topological polar surface area (TPSA) is 47.6 Å². The zero-order valence-corrected chi connectivity index (χ0v) is 14.8. The molecule has 1 amide bonds. The van der Waals surface area contributed by atoms with Gasteiger partial charge in [-0.05, 0) is 62.6 Å². The van der Waals surface area contributed by atoms with Gasteiger partial charge in [0.15, 0.2) is 6.10 Å². The van der Waals surface area contributed by atoms with Crippen LogP contribution in [0.1, 0.15) is 30.5 Å². The third kappa shape index (κ3) is 5.01. The normalized spacial score (nSPS) is 11.7. The first-order valence-corrected chi connectivity index (χ1v) is 8.23. The highest BCUT2D eigenvalue weighted by Crippen LogP contribution is 2.20. The van der Waals surface area contributed by atoms with E-state index in [1.807, 2.05) is 63.2 Å². The Morgan fingerprint density at radius 1 is 1.12 bits per heavy atom. The first-order valence-electron chi connectivity index (χ1n) is 8.23. The van der Waals surface area contributed by atoms with E-state index in [4.69, 9.17) is 9.47 Å². The summed E-state index contributed by atoms with van der Waals surface area (Å²) in [6, 6.07) is 13.7. The molecule has 0 saturated carbocycles. The van der Waals surface area contributed by atoms with E-state index in [1.165, 1.54) is 0 Å². The molecule has 0 spiro atoms. The Kier molecular flexibility index (Phi) is 6.24. The molecule has 0 saturated heterocycles. The lowest BCUT2D eigenvalue weighted by Crippen LogP contribution is -2.36. The molecule has 4 heteroatoms. The highest BCUT2D eigenvalue weighted by atomic mass is 16.5. The number of amides is 1. The maximum Gasteiger partial charge on any atom is 0.261 e. The fourth-order valence-electron chi connectivity index (χ4n) is 2.28. The van der Waals surface area contributed by atoms with Crippen LogP contribution in [0, 0.1) is 13.8 Å². The van der Waals surface area contributed by atoms with E-state index in [9.17, 15) is 4.79 Å². The molecule has 0 aliphatic rings. The van der Waals surface area contributed by atoms with E-state index in [-0.39, 0.29) is 5.91 Å². The van der Waals surface area contributed by atoms with Crippen LogP contribution in [0.2, 0.25) is 0 Å². The van der Waals surface area contributed by atoms with E-state index in [0.29, 0.717) is 13.2 Å². The summed E-state index contributed by atoms with van der Waals surface area (Å²) in [7, 11) is 0. The number of rotatable bonds is 7. The second kappa shape index (κ2) is 8.39. The minimum Gasteiger partial charge on any atom is -0.494 e. The zero-order chi connectivity index (χ0) is 17.5. The first kappa shape index (κ1) is 17.9. The number of ether oxygens (including phenoxy) is 2. The first-order chi connectivity index (χ1) is 11.5. The van der Waals surface area contributed by atoms with E-state index >= 15 is 0 Å². The maximum atomic E-state index is 12.2. The molecule has 1 N–H and O–H groups in total. The van der Waals surface area contributed by atoms with Gasteiger partial charge in [-0.3, -0.25) is 4.79 Å². The Labute approximate surface area is 143 Å². The zero-order valence-electron chi connectivity index (χ0n) is 14.8. The average molecular weight is 327 g/mol. The summed E-state index contributed by atoms with van der Waals surface area (Å²) in [5.74, 6) is 1.45. The number of nitrogens with one attached hydrogen (secondary N) is 1. The van der Waals surface area contributed by atoms with Gasteiger partial charge in [-0.15, -0.1) is 0 Å². The molecule has 0 heterocycles. The van der Waals surface area contributed by atoms with Gasteiger partial charge in [-0.25, -0.2) is 0 Å². The van der Waals surface area contributed by atoms with Gasteiger partial charge in [0.25, 0.3) is 5.91 Å². The van der Waals surface area contributed by atoms with Crippen molar-refractivity contribution in [3.63, 3.8) is 0 Å². The number of carbonyl (C=O) groups excluding carboxylic acids is 1. The second-order valence-electron chi connectivity index (χ2n) is 5.82. The molecular formula is C20H25NO3. The number of benzene rings is 2. The molecule has 2 aromatic carbocycles. The largest absolute Gasteiger partial charge is 0.494 e. The molecule has 0 fully saturated rings. The highest BCUT2D eigenvalue weighted by Gasteiger charge is 2.15. The number of hydrogen-bond acceptors (Lipinski definition) is 3. The van der Waals surface area contributed by atoms with Crippen molar-refractivity contribution in [1.29, 1.82) is 0 Å². The monoisotopic (exact) mass is 327 g/mol. The molecule has 0 aromatic heterocycles. The summed E-state index contributed by atoms with van der Waals surface area (Å²) in [5, 5.41) is 2.90. The third-order valence-corrected chi connectivity index (χ3v) is 3.72. The van der Waals surface area contributed by atoms with Gasteiger partial charge in [0, 0.05) is 6.54 Å². The number of hydrogen-bond donors (Lipinski definition) is 1. The van der Waals surface area contributed by atoms with Gasteiger partial charge in [0.1, 0.15) is 11.5 Å². The third-order valence-electron chi connectivity index (χ3n) is 3.72. The fraction of sp³-hybridized carbons (Fsp3) is 0.350. The minimum absolute atomic E-state index is 0.134. The maximum absolute atomic E-state index is 12.2. The summed E-state index contributed by atoms with van der Waals surface area (Å²) >= 11 is 0. The summed E-state index contributed by atoms with van der Waals surface area (Å²) in [6.07, 6.45) is -0.548. The summed E-state index contributed by atoms with van der Waals surface area (Å²) in [6.45, 7) is 8.79. The Bertz CT molecular complexity index is 680. The molecule has 1 atom stereocenters. The lowest BCUT2D eigenvalue weighted by Gasteiger charge is -2.17. The van der Waals surface area contributed by atoms with Crippen LogP contribution in [0.5, 0.6) is 11.5 Å². The van der Waals surface area contributed by atoms with Crippen molar-refractivity contribution in [2.75, 3.05) is 6.61 Å². The molecule has 2 aromatic rings. The molecule has 0 aliphatic heterocycles. The van der Waals surface area contributed by atoms with Crippen molar-refractivity contribution in [1.82, 2.24) is 5.32 Å². The van der Waals surface area contributed by atoms with Crippen molar-refractivity contribution in [3.8, 4) is 11.5 Å². The molecule has 128 valence electrons. The highest BCUT2D eigenvalue weighted by molar-refractivity contribution is 5.80. The Hall–Kier alpha value is -2.49. The lowest BCUT2D eigenvalue weighted by molar-refractivity contribution is -0.127.